The number of rotatable bonds is 2. The van der Waals surface area contributed by atoms with E-state index < -0.39 is 15.7 Å². The minimum atomic E-state index is -0.679. The zero-order chi connectivity index (χ0) is 16.3. The van der Waals surface area contributed by atoms with Gasteiger partial charge in [0.1, 0.15) is 0 Å². The average Bonchev–Trinajstić information content (AvgIpc) is 2.74. The third-order valence-electron chi connectivity index (χ3n) is 6.52. The first-order chi connectivity index (χ1) is 10.2. The standard InChI is InChI=1S/C18H22BrNO2/c1-11-7-5-6-8-12(11)20-15(22)18-10-9-17(4,16(18,2)3)14(21)13(18)19/h5-8,13H,9-10H2,1-4H3,(H,20,22)/t13-,17+,18+/m0/s1. The normalized spacial score (nSPS) is 35.7. The van der Waals surface area contributed by atoms with Gasteiger partial charge in [-0.2, -0.15) is 0 Å². The number of nitrogens with one attached hydrogen (secondary N) is 1. The third-order valence-corrected chi connectivity index (χ3v) is 7.72. The van der Waals surface area contributed by atoms with Crippen molar-refractivity contribution in [2.24, 2.45) is 16.2 Å². The van der Waals surface area contributed by atoms with Crippen LogP contribution in [0.25, 0.3) is 0 Å². The van der Waals surface area contributed by atoms with Gasteiger partial charge in [0.15, 0.2) is 5.78 Å². The molecule has 3 nitrogen and oxygen atoms in total. The van der Waals surface area contributed by atoms with Crippen LogP contribution in [0.15, 0.2) is 24.3 Å². The summed E-state index contributed by atoms with van der Waals surface area (Å²) in [6, 6.07) is 7.75. The topological polar surface area (TPSA) is 46.2 Å². The van der Waals surface area contributed by atoms with E-state index in [1.165, 1.54) is 0 Å². The number of fused-ring (bicyclic) bond motifs is 2. The number of para-hydroxylation sites is 1. The fourth-order valence-electron chi connectivity index (χ4n) is 4.40. The van der Waals surface area contributed by atoms with Crippen molar-refractivity contribution in [1.29, 1.82) is 0 Å². The van der Waals surface area contributed by atoms with Crippen molar-refractivity contribution in [3.63, 3.8) is 0 Å². The lowest BCUT2D eigenvalue weighted by atomic mass is 9.64. The summed E-state index contributed by atoms with van der Waals surface area (Å²) in [5, 5.41) is 3.07. The van der Waals surface area contributed by atoms with E-state index in [1.807, 2.05) is 38.1 Å². The number of ketones is 1. The maximum absolute atomic E-state index is 13.2. The molecule has 1 N–H and O–H groups in total. The fourth-order valence-corrected chi connectivity index (χ4v) is 5.92. The Hall–Kier alpha value is -1.16. The maximum atomic E-state index is 13.2. The van der Waals surface area contributed by atoms with E-state index in [-0.39, 0.29) is 17.1 Å². The number of amides is 1. The largest absolute Gasteiger partial charge is 0.325 e. The molecule has 3 atom stereocenters. The van der Waals surface area contributed by atoms with Crippen LogP contribution in [0, 0.1) is 23.2 Å². The maximum Gasteiger partial charge on any atom is 0.232 e. The van der Waals surface area contributed by atoms with Crippen LogP contribution in [0.1, 0.15) is 39.2 Å². The highest BCUT2D eigenvalue weighted by molar-refractivity contribution is 9.10. The van der Waals surface area contributed by atoms with Crippen LogP contribution >= 0.6 is 15.9 Å². The lowest BCUT2D eigenvalue weighted by molar-refractivity contribution is -0.130. The first-order valence-corrected chi connectivity index (χ1v) is 8.65. The first-order valence-electron chi connectivity index (χ1n) is 7.74. The van der Waals surface area contributed by atoms with Crippen molar-refractivity contribution in [1.82, 2.24) is 0 Å². The third kappa shape index (κ3) is 1.62. The molecule has 1 aromatic carbocycles. The van der Waals surface area contributed by atoms with Gasteiger partial charge in [0.05, 0.1) is 10.2 Å². The molecule has 0 saturated heterocycles. The van der Waals surface area contributed by atoms with Crippen molar-refractivity contribution < 1.29 is 9.59 Å². The average molecular weight is 364 g/mol. The zero-order valence-electron chi connectivity index (χ0n) is 13.5. The van der Waals surface area contributed by atoms with Crippen molar-refractivity contribution in [2.75, 3.05) is 5.32 Å². The van der Waals surface area contributed by atoms with Crippen molar-refractivity contribution in [2.45, 2.75) is 45.4 Å². The number of alkyl halides is 1. The highest BCUT2D eigenvalue weighted by atomic mass is 79.9. The Labute approximate surface area is 140 Å². The summed E-state index contributed by atoms with van der Waals surface area (Å²) < 4.78 is 0. The molecule has 2 aliphatic carbocycles. The SMILES string of the molecule is Cc1ccccc1NC(=O)[C@@]12CC[C@](C)(C(=O)[C@@H]1Br)C2(C)C. The second-order valence-corrected chi connectivity index (χ2v) is 8.34. The Morgan fingerprint density at radius 3 is 2.41 bits per heavy atom. The lowest BCUT2D eigenvalue weighted by Gasteiger charge is -2.39. The Balaban J connectivity index is 2.02. The molecule has 2 saturated carbocycles. The Morgan fingerprint density at radius 2 is 1.86 bits per heavy atom. The van der Waals surface area contributed by atoms with E-state index in [4.69, 9.17) is 0 Å². The molecule has 0 spiro atoms. The fraction of sp³-hybridized carbons (Fsp3) is 0.556. The van der Waals surface area contributed by atoms with E-state index in [9.17, 15) is 9.59 Å². The van der Waals surface area contributed by atoms with E-state index in [0.29, 0.717) is 0 Å². The molecule has 2 aliphatic rings. The minimum absolute atomic E-state index is 0.0387. The van der Waals surface area contributed by atoms with Crippen LogP contribution in [0.2, 0.25) is 0 Å². The number of anilines is 1. The van der Waals surface area contributed by atoms with Crippen LogP contribution in [-0.2, 0) is 9.59 Å². The Bertz CT molecular complexity index is 669. The smallest absolute Gasteiger partial charge is 0.232 e. The molecule has 3 rings (SSSR count). The summed E-state index contributed by atoms with van der Waals surface area (Å²) in [4.78, 5) is 25.5. The van der Waals surface area contributed by atoms with E-state index in [1.54, 1.807) is 0 Å². The quantitative estimate of drug-likeness (QED) is 0.804. The van der Waals surface area contributed by atoms with Gasteiger partial charge in [0.25, 0.3) is 0 Å². The van der Waals surface area contributed by atoms with Crippen molar-refractivity contribution in [3.8, 4) is 0 Å². The molecule has 0 aliphatic heterocycles. The highest BCUT2D eigenvalue weighted by Gasteiger charge is 2.76. The van der Waals surface area contributed by atoms with Crippen LogP contribution in [0.3, 0.4) is 0 Å². The molecule has 1 aromatic rings. The molecule has 1 amide bonds. The molecule has 0 radical (unpaired) electrons. The molecule has 2 fully saturated rings. The summed E-state index contributed by atoms with van der Waals surface area (Å²) in [6.07, 6.45) is 1.53. The zero-order valence-corrected chi connectivity index (χ0v) is 15.1. The minimum Gasteiger partial charge on any atom is -0.325 e. The summed E-state index contributed by atoms with van der Waals surface area (Å²) in [5.41, 5.74) is 0.384. The molecular formula is C18H22BrNO2. The van der Waals surface area contributed by atoms with Gasteiger partial charge in [-0.05, 0) is 36.8 Å². The number of aryl methyl sites for hydroxylation is 1. The van der Waals surface area contributed by atoms with Gasteiger partial charge < -0.3 is 5.32 Å². The molecule has 22 heavy (non-hydrogen) atoms. The predicted octanol–water partition coefficient (Wildman–Crippen LogP) is 4.09. The van der Waals surface area contributed by atoms with Crippen LogP contribution in [0.5, 0.6) is 0 Å². The van der Waals surface area contributed by atoms with Crippen LogP contribution in [-0.4, -0.2) is 16.5 Å². The Morgan fingerprint density at radius 1 is 1.23 bits per heavy atom. The number of carbonyl (C=O) groups excluding carboxylic acids is 2. The molecule has 0 aromatic heterocycles. The predicted molar refractivity (Wildman–Crippen MR) is 91.1 cm³/mol. The number of carbonyl (C=O) groups is 2. The van der Waals surface area contributed by atoms with Crippen molar-refractivity contribution >= 4 is 33.3 Å². The summed E-state index contributed by atoms with van der Waals surface area (Å²) in [7, 11) is 0. The molecule has 2 bridgehead atoms. The molecule has 4 heteroatoms. The summed E-state index contributed by atoms with van der Waals surface area (Å²) in [6.45, 7) is 8.12. The molecular weight excluding hydrogens is 342 g/mol. The van der Waals surface area contributed by atoms with Gasteiger partial charge in [-0.1, -0.05) is 54.9 Å². The molecule has 0 heterocycles. The number of benzene rings is 1. The van der Waals surface area contributed by atoms with Gasteiger partial charge >= 0.3 is 0 Å². The van der Waals surface area contributed by atoms with E-state index >= 15 is 0 Å². The number of hydrogen-bond donors (Lipinski definition) is 1. The molecule has 0 unspecified atom stereocenters. The number of Topliss-reactive ketones (excluding diaryl/α,β-unsaturated/α-hetero) is 1. The second-order valence-electron chi connectivity index (χ2n) is 7.42. The van der Waals surface area contributed by atoms with Crippen LogP contribution < -0.4 is 5.32 Å². The molecule has 118 valence electrons. The first kappa shape index (κ1) is 15.7. The lowest BCUT2D eigenvalue weighted by Crippen LogP contribution is -2.48. The second kappa shape index (κ2) is 4.67. The Kier molecular flexibility index (Phi) is 3.34. The monoisotopic (exact) mass is 363 g/mol. The highest BCUT2D eigenvalue weighted by Crippen LogP contribution is 2.72. The number of hydrogen-bond acceptors (Lipinski definition) is 2. The van der Waals surface area contributed by atoms with Crippen molar-refractivity contribution in [3.05, 3.63) is 29.8 Å². The van der Waals surface area contributed by atoms with E-state index in [2.05, 4.69) is 35.1 Å². The van der Waals surface area contributed by atoms with E-state index in [0.717, 1.165) is 24.1 Å². The van der Waals surface area contributed by atoms with Crippen LogP contribution in [0.4, 0.5) is 5.69 Å². The van der Waals surface area contributed by atoms with Gasteiger partial charge in [0, 0.05) is 11.1 Å². The summed E-state index contributed by atoms with van der Waals surface area (Å²) >= 11 is 3.55. The van der Waals surface area contributed by atoms with Gasteiger partial charge in [-0.15, -0.1) is 0 Å². The number of halogens is 1. The van der Waals surface area contributed by atoms with Gasteiger partial charge in [0.2, 0.25) is 5.91 Å². The summed E-state index contributed by atoms with van der Waals surface area (Å²) in [5.74, 6) is 0.131. The van der Waals surface area contributed by atoms with Gasteiger partial charge in [-0.3, -0.25) is 9.59 Å². The van der Waals surface area contributed by atoms with Gasteiger partial charge in [-0.25, -0.2) is 0 Å².